The summed E-state index contributed by atoms with van der Waals surface area (Å²) in [4.78, 5) is 0. The maximum atomic E-state index is 5.64. The van der Waals surface area contributed by atoms with Gasteiger partial charge in [0.2, 0.25) is 0 Å². The van der Waals surface area contributed by atoms with Crippen molar-refractivity contribution in [2.75, 3.05) is 7.11 Å². The Kier molecular flexibility index (Phi) is 1.62. The predicted octanol–water partition coefficient (Wildman–Crippen LogP) is 1.08. The number of ether oxygens (including phenoxy) is 1. The minimum absolute atomic E-state index is 0.471. The molecule has 0 amide bonds. The fourth-order valence-electron chi connectivity index (χ4n) is 0.577. The molecular formula is C5H7ClN2O. The zero-order valence-corrected chi connectivity index (χ0v) is 6.01. The van der Waals surface area contributed by atoms with Gasteiger partial charge in [-0.2, -0.15) is 0 Å². The Morgan fingerprint density at radius 3 is 2.67 bits per heavy atom. The second-order valence-corrected chi connectivity index (χ2v) is 2.07. The molecule has 0 aliphatic heterocycles. The van der Waals surface area contributed by atoms with Crippen LogP contribution in [0.5, 0.6) is 5.88 Å². The molecule has 0 radical (unpaired) electrons. The van der Waals surface area contributed by atoms with E-state index in [-0.39, 0.29) is 0 Å². The van der Waals surface area contributed by atoms with Crippen molar-refractivity contribution in [3.8, 4) is 5.88 Å². The summed E-state index contributed by atoms with van der Waals surface area (Å²) in [6, 6.07) is 0. The van der Waals surface area contributed by atoms with Gasteiger partial charge in [0.05, 0.1) is 7.11 Å². The Balaban J connectivity index is 3.01. The second-order valence-electron chi connectivity index (χ2n) is 1.66. The zero-order chi connectivity index (χ0) is 6.85. The smallest absolute Gasteiger partial charge is 0.251 e. The van der Waals surface area contributed by atoms with E-state index in [1.807, 2.05) is 0 Å². The molecule has 4 heteroatoms. The molecule has 0 aliphatic rings. The quantitative estimate of drug-likeness (QED) is 0.593. The van der Waals surface area contributed by atoms with E-state index in [0.29, 0.717) is 10.9 Å². The minimum atomic E-state index is 0.471. The van der Waals surface area contributed by atoms with E-state index in [1.54, 1.807) is 17.9 Å². The molecule has 0 saturated heterocycles. The van der Waals surface area contributed by atoms with Gasteiger partial charge in [0, 0.05) is 13.2 Å². The molecule has 0 aliphatic carbocycles. The monoisotopic (exact) mass is 146 g/mol. The molecule has 9 heavy (non-hydrogen) atoms. The van der Waals surface area contributed by atoms with Crippen LogP contribution in [0.4, 0.5) is 0 Å². The summed E-state index contributed by atoms with van der Waals surface area (Å²) in [5, 5.41) is 4.43. The van der Waals surface area contributed by atoms with Gasteiger partial charge in [0.15, 0.2) is 0 Å². The van der Waals surface area contributed by atoms with Gasteiger partial charge in [-0.15, -0.1) is 5.10 Å². The van der Waals surface area contributed by atoms with Crippen LogP contribution < -0.4 is 4.74 Å². The molecule has 0 fully saturated rings. The fraction of sp³-hybridized carbons (Fsp3) is 0.400. The Hall–Kier alpha value is -0.700. The molecular weight excluding hydrogens is 140 g/mol. The molecule has 0 unspecified atom stereocenters. The number of halogens is 1. The van der Waals surface area contributed by atoms with Crippen molar-refractivity contribution >= 4 is 11.6 Å². The van der Waals surface area contributed by atoms with Gasteiger partial charge in [-0.25, -0.2) is 0 Å². The van der Waals surface area contributed by atoms with Crippen LogP contribution >= 0.6 is 11.6 Å². The third kappa shape index (κ3) is 1.16. The van der Waals surface area contributed by atoms with Gasteiger partial charge in [0.1, 0.15) is 5.02 Å². The van der Waals surface area contributed by atoms with Crippen LogP contribution in [0.2, 0.25) is 5.02 Å². The topological polar surface area (TPSA) is 27.1 Å². The molecule has 1 aromatic heterocycles. The van der Waals surface area contributed by atoms with Gasteiger partial charge in [-0.3, -0.25) is 4.68 Å². The first-order valence-corrected chi connectivity index (χ1v) is 2.85. The van der Waals surface area contributed by atoms with E-state index >= 15 is 0 Å². The van der Waals surface area contributed by atoms with Crippen molar-refractivity contribution in [2.45, 2.75) is 0 Å². The first kappa shape index (κ1) is 6.42. The third-order valence-electron chi connectivity index (χ3n) is 0.946. The highest BCUT2D eigenvalue weighted by atomic mass is 35.5. The van der Waals surface area contributed by atoms with E-state index in [9.17, 15) is 0 Å². The lowest BCUT2D eigenvalue weighted by Gasteiger charge is -1.89. The van der Waals surface area contributed by atoms with Gasteiger partial charge >= 0.3 is 0 Å². The largest absolute Gasteiger partial charge is 0.479 e. The van der Waals surface area contributed by atoms with Crippen molar-refractivity contribution in [1.29, 1.82) is 0 Å². The highest BCUT2D eigenvalue weighted by Gasteiger charge is 2.02. The van der Waals surface area contributed by atoms with Gasteiger partial charge < -0.3 is 4.74 Å². The molecule has 1 aromatic rings. The molecule has 0 saturated carbocycles. The van der Waals surface area contributed by atoms with Crippen LogP contribution in [0.3, 0.4) is 0 Å². The van der Waals surface area contributed by atoms with Crippen LogP contribution in [-0.4, -0.2) is 16.9 Å². The summed E-state index contributed by atoms with van der Waals surface area (Å²) in [6.07, 6.45) is 1.68. The molecule has 3 nitrogen and oxygen atoms in total. The standard InChI is InChI=1S/C5H7ClN2O/c1-8-3-4(6)5(7-8)9-2/h3H,1-2H3. The summed E-state index contributed by atoms with van der Waals surface area (Å²) in [7, 11) is 3.32. The van der Waals surface area contributed by atoms with Crippen LogP contribution in [-0.2, 0) is 7.05 Å². The van der Waals surface area contributed by atoms with Crippen LogP contribution in [0, 0.1) is 0 Å². The molecule has 1 heterocycles. The average molecular weight is 147 g/mol. The van der Waals surface area contributed by atoms with Crippen LogP contribution in [0.1, 0.15) is 0 Å². The molecule has 0 bridgehead atoms. The summed E-state index contributed by atoms with van der Waals surface area (Å²) in [5.74, 6) is 0.471. The normalized spacial score (nSPS) is 9.67. The number of nitrogens with zero attached hydrogens (tertiary/aromatic N) is 2. The molecule has 0 atom stereocenters. The minimum Gasteiger partial charge on any atom is -0.479 e. The van der Waals surface area contributed by atoms with Crippen molar-refractivity contribution in [1.82, 2.24) is 9.78 Å². The van der Waals surface area contributed by atoms with Crippen molar-refractivity contribution in [3.63, 3.8) is 0 Å². The number of hydrogen-bond donors (Lipinski definition) is 0. The van der Waals surface area contributed by atoms with E-state index in [2.05, 4.69) is 5.10 Å². The van der Waals surface area contributed by atoms with E-state index in [4.69, 9.17) is 16.3 Å². The average Bonchev–Trinajstić information content (AvgIpc) is 2.10. The molecule has 0 spiro atoms. The van der Waals surface area contributed by atoms with Crippen molar-refractivity contribution in [2.24, 2.45) is 7.05 Å². The lowest BCUT2D eigenvalue weighted by molar-refractivity contribution is 0.392. The maximum Gasteiger partial charge on any atom is 0.251 e. The maximum absolute atomic E-state index is 5.64. The lowest BCUT2D eigenvalue weighted by Crippen LogP contribution is -1.88. The Morgan fingerprint density at radius 1 is 1.78 bits per heavy atom. The van der Waals surface area contributed by atoms with Gasteiger partial charge in [-0.05, 0) is 0 Å². The number of methoxy groups -OCH3 is 1. The van der Waals surface area contributed by atoms with Gasteiger partial charge in [0.25, 0.3) is 5.88 Å². The Morgan fingerprint density at radius 2 is 2.44 bits per heavy atom. The number of aromatic nitrogens is 2. The SMILES string of the molecule is COc1nn(C)cc1Cl. The Bertz CT molecular complexity index is 209. The Labute approximate surface area is 58.2 Å². The first-order valence-electron chi connectivity index (χ1n) is 2.47. The van der Waals surface area contributed by atoms with E-state index < -0.39 is 0 Å². The van der Waals surface area contributed by atoms with Crippen molar-refractivity contribution in [3.05, 3.63) is 11.2 Å². The predicted molar refractivity (Wildman–Crippen MR) is 34.8 cm³/mol. The highest BCUT2D eigenvalue weighted by Crippen LogP contribution is 2.19. The summed E-state index contributed by atoms with van der Waals surface area (Å²) in [5.41, 5.74) is 0. The molecule has 1 rings (SSSR count). The number of hydrogen-bond acceptors (Lipinski definition) is 2. The lowest BCUT2D eigenvalue weighted by atomic mass is 10.7. The third-order valence-corrected chi connectivity index (χ3v) is 1.21. The summed E-state index contributed by atoms with van der Waals surface area (Å²) in [6.45, 7) is 0. The highest BCUT2D eigenvalue weighted by molar-refractivity contribution is 6.31. The number of rotatable bonds is 1. The van der Waals surface area contributed by atoms with Crippen LogP contribution in [0.25, 0.3) is 0 Å². The number of aryl methyl sites for hydroxylation is 1. The van der Waals surface area contributed by atoms with Crippen LogP contribution in [0.15, 0.2) is 6.20 Å². The second kappa shape index (κ2) is 2.27. The van der Waals surface area contributed by atoms with Gasteiger partial charge in [-0.1, -0.05) is 11.6 Å². The zero-order valence-electron chi connectivity index (χ0n) is 5.26. The summed E-state index contributed by atoms with van der Waals surface area (Å²) < 4.78 is 6.40. The van der Waals surface area contributed by atoms with Crippen molar-refractivity contribution < 1.29 is 4.74 Å². The first-order chi connectivity index (χ1) is 4.24. The molecule has 0 aromatic carbocycles. The fourth-order valence-corrected chi connectivity index (χ4v) is 0.834. The molecule has 50 valence electrons. The van der Waals surface area contributed by atoms with E-state index in [0.717, 1.165) is 0 Å². The van der Waals surface area contributed by atoms with E-state index in [1.165, 1.54) is 7.11 Å². The summed E-state index contributed by atoms with van der Waals surface area (Å²) >= 11 is 5.64. The molecule has 0 N–H and O–H groups in total.